The van der Waals surface area contributed by atoms with E-state index in [0.29, 0.717) is 44.7 Å². The Bertz CT molecular complexity index is 663. The van der Waals surface area contributed by atoms with Crippen LogP contribution in [-0.2, 0) is 21.1 Å². The summed E-state index contributed by atoms with van der Waals surface area (Å²) in [6, 6.07) is 5.47. The Morgan fingerprint density at radius 2 is 1.96 bits per heavy atom. The van der Waals surface area contributed by atoms with Gasteiger partial charge in [0.15, 0.2) is 0 Å². The van der Waals surface area contributed by atoms with Crippen molar-refractivity contribution < 1.29 is 22.7 Å². The van der Waals surface area contributed by atoms with Gasteiger partial charge in [-0.25, -0.2) is 0 Å². The third-order valence-electron chi connectivity index (χ3n) is 6.15. The Morgan fingerprint density at radius 1 is 1.25 bits per heavy atom. The zero-order chi connectivity index (χ0) is 19.5. The Labute approximate surface area is 169 Å². The Balaban J connectivity index is 0.00000280. The third-order valence-corrected chi connectivity index (χ3v) is 6.15. The minimum absolute atomic E-state index is 0. The second-order valence-electron chi connectivity index (χ2n) is 7.72. The second-order valence-corrected chi connectivity index (χ2v) is 7.72. The van der Waals surface area contributed by atoms with E-state index in [1.165, 1.54) is 12.1 Å². The zero-order valence-electron chi connectivity index (χ0n) is 15.8. The highest BCUT2D eigenvalue weighted by atomic mass is 35.5. The van der Waals surface area contributed by atoms with E-state index in [9.17, 15) is 18.0 Å². The summed E-state index contributed by atoms with van der Waals surface area (Å²) in [6.45, 7) is 1.76. The molecule has 1 aromatic carbocycles. The number of halogens is 4. The molecular formula is C20H28ClF3N2O2. The van der Waals surface area contributed by atoms with E-state index >= 15 is 0 Å². The molecule has 8 heteroatoms. The first-order valence-electron chi connectivity index (χ1n) is 9.59. The van der Waals surface area contributed by atoms with E-state index in [1.807, 2.05) is 0 Å². The SMILES string of the molecule is Cl.NC[C@H]1CCC[C@H]1C(=O)NCC1(c2cccc(C(F)(F)F)c2)CCOCC1. The summed E-state index contributed by atoms with van der Waals surface area (Å²) in [7, 11) is 0. The summed E-state index contributed by atoms with van der Waals surface area (Å²) in [5.74, 6) is 0.0818. The van der Waals surface area contributed by atoms with E-state index < -0.39 is 17.2 Å². The van der Waals surface area contributed by atoms with Crippen LogP contribution in [0.3, 0.4) is 0 Å². The van der Waals surface area contributed by atoms with Crippen molar-refractivity contribution >= 4 is 18.3 Å². The summed E-state index contributed by atoms with van der Waals surface area (Å²) in [4.78, 5) is 12.7. The molecule has 0 radical (unpaired) electrons. The standard InChI is InChI=1S/C20H27F3N2O2.ClH/c21-20(22,23)16-5-2-4-15(11-16)19(7-9-27-10-8-19)13-25-18(26)17-6-1-3-14(17)12-24;/h2,4-5,11,14,17H,1,3,6-10,12-13,24H2,(H,25,26);1H/t14-,17-;/m1./s1. The topological polar surface area (TPSA) is 64.4 Å². The van der Waals surface area contributed by atoms with E-state index in [0.717, 1.165) is 25.3 Å². The molecule has 2 aliphatic rings. The van der Waals surface area contributed by atoms with Gasteiger partial charge in [0.05, 0.1) is 5.56 Å². The lowest BCUT2D eigenvalue weighted by molar-refractivity contribution is -0.137. The smallest absolute Gasteiger partial charge is 0.381 e. The number of hydrogen-bond donors (Lipinski definition) is 2. The molecule has 4 nitrogen and oxygen atoms in total. The first-order chi connectivity index (χ1) is 12.9. The number of ether oxygens (including phenoxy) is 1. The van der Waals surface area contributed by atoms with Crippen molar-refractivity contribution in [1.29, 1.82) is 0 Å². The molecule has 0 unspecified atom stereocenters. The number of hydrogen-bond acceptors (Lipinski definition) is 3. The molecule has 1 aromatic rings. The van der Waals surface area contributed by atoms with Gasteiger partial charge in [0, 0.05) is 31.1 Å². The van der Waals surface area contributed by atoms with Gasteiger partial charge >= 0.3 is 6.18 Å². The van der Waals surface area contributed by atoms with E-state index in [2.05, 4.69) is 5.32 Å². The molecule has 1 aliphatic carbocycles. The normalized spacial score (nSPS) is 24.4. The van der Waals surface area contributed by atoms with Crippen molar-refractivity contribution in [2.45, 2.75) is 43.7 Å². The van der Waals surface area contributed by atoms with Crippen LogP contribution in [0.1, 0.15) is 43.2 Å². The van der Waals surface area contributed by atoms with Crippen LogP contribution in [0.25, 0.3) is 0 Å². The summed E-state index contributed by atoms with van der Waals surface area (Å²) in [5.41, 5.74) is 5.19. The lowest BCUT2D eigenvalue weighted by Crippen LogP contribution is -2.46. The van der Waals surface area contributed by atoms with Crippen LogP contribution in [0, 0.1) is 11.8 Å². The molecule has 0 aromatic heterocycles. The van der Waals surface area contributed by atoms with Gasteiger partial charge in [0.2, 0.25) is 5.91 Å². The van der Waals surface area contributed by atoms with Gasteiger partial charge in [-0.05, 0) is 49.8 Å². The predicted molar refractivity (Wildman–Crippen MR) is 103 cm³/mol. The molecule has 158 valence electrons. The Morgan fingerprint density at radius 3 is 2.61 bits per heavy atom. The molecule has 0 bridgehead atoms. The van der Waals surface area contributed by atoms with Crippen molar-refractivity contribution in [2.24, 2.45) is 17.6 Å². The monoisotopic (exact) mass is 420 g/mol. The van der Waals surface area contributed by atoms with Gasteiger partial charge in [-0.1, -0.05) is 24.6 Å². The molecule has 2 atom stereocenters. The summed E-state index contributed by atoms with van der Waals surface area (Å²) >= 11 is 0. The summed E-state index contributed by atoms with van der Waals surface area (Å²) in [5, 5.41) is 3.02. The van der Waals surface area contributed by atoms with E-state index in [1.54, 1.807) is 6.07 Å². The van der Waals surface area contributed by atoms with Crippen LogP contribution < -0.4 is 11.1 Å². The van der Waals surface area contributed by atoms with Crippen molar-refractivity contribution in [1.82, 2.24) is 5.32 Å². The molecule has 3 rings (SSSR count). The molecular weight excluding hydrogens is 393 g/mol. The number of nitrogens with one attached hydrogen (secondary N) is 1. The van der Waals surface area contributed by atoms with Crippen LogP contribution in [0.5, 0.6) is 0 Å². The highest BCUT2D eigenvalue weighted by Gasteiger charge is 2.39. The average molecular weight is 421 g/mol. The Kier molecular flexibility index (Phi) is 7.76. The number of carbonyl (C=O) groups is 1. The quantitative estimate of drug-likeness (QED) is 0.764. The Hall–Kier alpha value is -1.31. The summed E-state index contributed by atoms with van der Waals surface area (Å²) < 4.78 is 44.9. The molecule has 28 heavy (non-hydrogen) atoms. The fraction of sp³-hybridized carbons (Fsp3) is 0.650. The fourth-order valence-electron chi connectivity index (χ4n) is 4.41. The number of carbonyl (C=O) groups excluding carboxylic acids is 1. The molecule has 1 amide bonds. The number of nitrogens with two attached hydrogens (primary N) is 1. The van der Waals surface area contributed by atoms with Crippen LogP contribution in [0.2, 0.25) is 0 Å². The molecule has 1 heterocycles. The van der Waals surface area contributed by atoms with Crippen molar-refractivity contribution in [3.05, 3.63) is 35.4 Å². The van der Waals surface area contributed by atoms with Crippen LogP contribution in [0.4, 0.5) is 13.2 Å². The van der Waals surface area contributed by atoms with Gasteiger partial charge in [-0.2, -0.15) is 13.2 Å². The van der Waals surface area contributed by atoms with Crippen LogP contribution in [-0.4, -0.2) is 32.2 Å². The minimum Gasteiger partial charge on any atom is -0.381 e. The zero-order valence-corrected chi connectivity index (χ0v) is 16.6. The van der Waals surface area contributed by atoms with Gasteiger partial charge in [0.1, 0.15) is 0 Å². The molecule has 1 saturated heterocycles. The first kappa shape index (κ1) is 23.0. The second kappa shape index (κ2) is 9.46. The molecule has 2 fully saturated rings. The number of alkyl halides is 3. The highest BCUT2D eigenvalue weighted by Crippen LogP contribution is 2.38. The minimum atomic E-state index is -4.39. The third kappa shape index (κ3) is 4.99. The summed E-state index contributed by atoms with van der Waals surface area (Å²) in [6.07, 6.45) is -0.440. The molecule has 1 saturated carbocycles. The maximum atomic E-state index is 13.2. The van der Waals surface area contributed by atoms with E-state index in [4.69, 9.17) is 10.5 Å². The maximum absolute atomic E-state index is 13.2. The fourth-order valence-corrected chi connectivity index (χ4v) is 4.41. The largest absolute Gasteiger partial charge is 0.416 e. The first-order valence-corrected chi connectivity index (χ1v) is 9.59. The average Bonchev–Trinajstić information content (AvgIpc) is 3.15. The van der Waals surface area contributed by atoms with Crippen molar-refractivity contribution in [2.75, 3.05) is 26.3 Å². The van der Waals surface area contributed by atoms with Crippen molar-refractivity contribution in [3.63, 3.8) is 0 Å². The van der Waals surface area contributed by atoms with Gasteiger partial charge < -0.3 is 15.8 Å². The van der Waals surface area contributed by atoms with Gasteiger partial charge in [-0.15, -0.1) is 12.4 Å². The number of benzene rings is 1. The predicted octanol–water partition coefficient (Wildman–Crippen LogP) is 3.67. The highest BCUT2D eigenvalue weighted by molar-refractivity contribution is 5.85. The van der Waals surface area contributed by atoms with Crippen LogP contribution >= 0.6 is 12.4 Å². The van der Waals surface area contributed by atoms with Crippen LogP contribution in [0.15, 0.2) is 24.3 Å². The number of rotatable bonds is 5. The van der Waals surface area contributed by atoms with Crippen molar-refractivity contribution in [3.8, 4) is 0 Å². The van der Waals surface area contributed by atoms with E-state index in [-0.39, 0.29) is 30.2 Å². The lowest BCUT2D eigenvalue weighted by Gasteiger charge is -2.38. The lowest BCUT2D eigenvalue weighted by atomic mass is 9.73. The maximum Gasteiger partial charge on any atom is 0.416 e. The molecule has 3 N–H and O–H groups in total. The molecule has 0 spiro atoms. The van der Waals surface area contributed by atoms with Gasteiger partial charge in [0.25, 0.3) is 0 Å². The number of amides is 1. The van der Waals surface area contributed by atoms with Gasteiger partial charge in [-0.3, -0.25) is 4.79 Å². The molecule has 1 aliphatic heterocycles.